The molecule has 0 bridgehead atoms. The molecule has 0 aromatic heterocycles. The van der Waals surface area contributed by atoms with E-state index in [2.05, 4.69) is 105 Å². The molecule has 104 heavy (non-hydrogen) atoms. The largest absolute Gasteiger partial charge is 0.475 e. The Morgan fingerprint density at radius 2 is 0.442 bits per heavy atom. The zero-order valence-corrected chi connectivity index (χ0v) is 73.1. The lowest BCUT2D eigenvalue weighted by atomic mass is 10.0. The van der Waals surface area contributed by atoms with Crippen molar-refractivity contribution in [2.45, 2.75) is 401 Å². The van der Waals surface area contributed by atoms with Gasteiger partial charge in [-0.1, -0.05) is 448 Å². The van der Waals surface area contributed by atoms with E-state index in [-0.39, 0.29) is 73.9 Å². The number of unbranched alkanes of at least 4 members (excludes halogenated alkanes) is 45. The first-order valence-electron chi connectivity index (χ1n) is 43.1. The normalized spacial score (nSPS) is 15.2. The molecule has 602 valence electrons. The third kappa shape index (κ3) is 49.4. The number of hydrogen-bond donors (Lipinski definition) is 0. The Bertz CT molecular complexity index is 2100. The summed E-state index contributed by atoms with van der Waals surface area (Å²) in [5.41, 5.74) is -0.408. The molecule has 0 amide bonds. The molecule has 0 aliphatic heterocycles. The minimum absolute atomic E-state index is 0.177. The number of rotatable bonds is 78. The van der Waals surface area contributed by atoms with Gasteiger partial charge in [-0.2, -0.15) is 0 Å². The van der Waals surface area contributed by atoms with E-state index < -0.39 is 24.6 Å². The molecule has 0 saturated carbocycles. The Morgan fingerprint density at radius 1 is 0.269 bits per heavy atom. The van der Waals surface area contributed by atoms with E-state index in [0.717, 1.165) is 55.2 Å². The topological polar surface area (TPSA) is 100 Å². The number of phosphoric ester groups is 1. The number of benzene rings is 3. The lowest BCUT2D eigenvalue weighted by Gasteiger charge is -2.40. The molecule has 14 heteroatoms. The minimum Gasteiger partial charge on any atom is -0.378 e. The lowest BCUT2D eigenvalue weighted by Crippen LogP contribution is -2.51. The number of halogens is 3. The van der Waals surface area contributed by atoms with Crippen LogP contribution >= 0.6 is 55.6 Å². The summed E-state index contributed by atoms with van der Waals surface area (Å²) in [5, 5.41) is 0. The fourth-order valence-electron chi connectivity index (χ4n) is 13.5. The minimum atomic E-state index is -4.62. The zero-order chi connectivity index (χ0) is 74.9. The first kappa shape index (κ1) is 97.2. The fraction of sp³-hybridized carbons (Fsp3) is 0.800. The predicted molar refractivity (Wildman–Crippen MR) is 454 cm³/mol. The summed E-state index contributed by atoms with van der Waals surface area (Å²) < 4.78 is 77.8. The van der Waals surface area contributed by atoms with Crippen molar-refractivity contribution in [2.24, 2.45) is 0 Å². The summed E-state index contributed by atoms with van der Waals surface area (Å²) in [5.74, 6) is 0. The van der Waals surface area contributed by atoms with Gasteiger partial charge in [0.05, 0.1) is 59.5 Å². The van der Waals surface area contributed by atoms with Gasteiger partial charge in [0.15, 0.2) is 0 Å². The molecule has 6 unspecified atom stereocenters. The van der Waals surface area contributed by atoms with Crippen LogP contribution in [0.5, 0.6) is 0 Å². The summed E-state index contributed by atoms with van der Waals surface area (Å²) in [6, 6.07) is 30.4. The molecule has 0 fully saturated rings. The summed E-state index contributed by atoms with van der Waals surface area (Å²) in [6.45, 7) is 15.5. The summed E-state index contributed by atoms with van der Waals surface area (Å²) in [6.07, 6.45) is 62.6. The maximum absolute atomic E-state index is 16.4. The van der Waals surface area contributed by atoms with Crippen molar-refractivity contribution in [3.63, 3.8) is 0 Å². The molecule has 3 aromatic rings. The monoisotopic (exact) mass is 1660 g/mol. The van der Waals surface area contributed by atoms with Crippen molar-refractivity contribution in [1.29, 1.82) is 0 Å². The second-order valence-electron chi connectivity index (χ2n) is 30.7. The first-order valence-corrected chi connectivity index (χ1v) is 47.3. The number of alkyl halides is 3. The van der Waals surface area contributed by atoms with Crippen molar-refractivity contribution in [2.75, 3.05) is 59.5 Å². The molecule has 0 aliphatic rings. The van der Waals surface area contributed by atoms with Crippen LogP contribution in [0.3, 0.4) is 0 Å². The Labute approximate surface area is 665 Å². The van der Waals surface area contributed by atoms with Gasteiger partial charge in [-0.25, -0.2) is 4.57 Å². The highest BCUT2D eigenvalue weighted by Gasteiger charge is 2.47. The number of ether oxygens (including phenoxy) is 6. The van der Waals surface area contributed by atoms with Gasteiger partial charge in [0.1, 0.15) is 16.8 Å². The van der Waals surface area contributed by atoms with E-state index in [4.69, 9.17) is 42.0 Å². The van der Waals surface area contributed by atoms with Gasteiger partial charge >= 0.3 is 7.82 Å². The number of phosphoric acid groups is 1. The van der Waals surface area contributed by atoms with Gasteiger partial charge in [0, 0.05) is 34.3 Å². The third-order valence-electron chi connectivity index (χ3n) is 21.1. The van der Waals surface area contributed by atoms with Crippen LogP contribution < -0.4 is 0 Å². The van der Waals surface area contributed by atoms with Crippen molar-refractivity contribution >= 4 is 55.6 Å². The van der Waals surface area contributed by atoms with Crippen molar-refractivity contribution < 1.29 is 46.6 Å². The molecule has 0 N–H and O–H groups in total. The maximum Gasteiger partial charge on any atom is 0.475 e. The molecule has 0 radical (unpaired) electrons. The molecule has 6 atom stereocenters. The molecule has 10 nitrogen and oxygen atoms in total. The molecule has 0 aliphatic carbocycles. The highest BCUT2D eigenvalue weighted by molar-refractivity contribution is 9.10. The molecular weight excluding hydrogens is 1510 g/mol. The molecule has 0 saturated heterocycles. The first-order chi connectivity index (χ1) is 50.9. The molecule has 3 aromatic carbocycles. The smallest absolute Gasteiger partial charge is 0.378 e. The molecule has 0 spiro atoms. The molecule has 3 rings (SSSR count). The van der Waals surface area contributed by atoms with Crippen LogP contribution in [0.1, 0.15) is 366 Å². The zero-order valence-electron chi connectivity index (χ0n) is 67.5. The maximum atomic E-state index is 16.4. The van der Waals surface area contributed by atoms with Gasteiger partial charge in [-0.3, -0.25) is 13.6 Å². The Hall–Kier alpha value is -1.03. The van der Waals surface area contributed by atoms with Crippen LogP contribution in [-0.2, 0) is 66.4 Å². The summed E-state index contributed by atoms with van der Waals surface area (Å²) >= 11 is 11.9. The van der Waals surface area contributed by atoms with E-state index in [1.165, 1.54) is 270 Å². The second kappa shape index (κ2) is 66.6. The van der Waals surface area contributed by atoms with Crippen LogP contribution in [0.2, 0.25) is 0 Å². The van der Waals surface area contributed by atoms with Crippen molar-refractivity contribution in [1.82, 2.24) is 0 Å². The Kier molecular flexibility index (Phi) is 62.2. The highest BCUT2D eigenvalue weighted by Crippen LogP contribution is 2.53. The average molecular weight is 1670 g/mol. The summed E-state index contributed by atoms with van der Waals surface area (Å²) in [7, 11) is -4.62. The van der Waals surface area contributed by atoms with Gasteiger partial charge in [0.2, 0.25) is 0 Å². The van der Waals surface area contributed by atoms with Crippen LogP contribution in [0.15, 0.2) is 91.0 Å². The van der Waals surface area contributed by atoms with Gasteiger partial charge < -0.3 is 28.4 Å². The average Bonchev–Trinajstić information content (AvgIpc) is 0.801. The van der Waals surface area contributed by atoms with Gasteiger partial charge in [0.25, 0.3) is 0 Å². The number of hydrogen-bond acceptors (Lipinski definition) is 10. The SMILES string of the molecule is CCCCCCCCCCCCCCCCCCOCC(COP(=O)(OCC(COCCCCCCCCCCCCCCCCCC)(OCc1ccccc1)C(C)Br)OCC(COCCCCCCCCCCCCCCCCCC)(OCc1ccccc1)C(C)Br)(OCc1ccccc1)C(C)Br. The van der Waals surface area contributed by atoms with E-state index in [9.17, 15) is 0 Å². The van der Waals surface area contributed by atoms with Crippen molar-refractivity contribution in [3.8, 4) is 0 Å². The Morgan fingerprint density at radius 3 is 0.615 bits per heavy atom. The predicted octanol–water partition coefficient (Wildman–Crippen LogP) is 29.2. The van der Waals surface area contributed by atoms with Gasteiger partial charge in [-0.15, -0.1) is 0 Å². The van der Waals surface area contributed by atoms with Crippen LogP contribution in [0.25, 0.3) is 0 Å². The van der Waals surface area contributed by atoms with Gasteiger partial charge in [-0.05, 0) is 56.7 Å². The van der Waals surface area contributed by atoms with Crippen LogP contribution in [-0.4, -0.2) is 90.7 Å². The fourth-order valence-corrected chi connectivity index (χ4v) is 16.0. The Balaban J connectivity index is 1.84. The van der Waals surface area contributed by atoms with Crippen molar-refractivity contribution in [3.05, 3.63) is 108 Å². The van der Waals surface area contributed by atoms with Crippen LogP contribution in [0, 0.1) is 0 Å². The van der Waals surface area contributed by atoms with E-state index in [1.807, 2.05) is 75.4 Å². The van der Waals surface area contributed by atoms with E-state index in [1.54, 1.807) is 0 Å². The molecular formula is C90H156Br3O10P. The molecule has 0 heterocycles. The summed E-state index contributed by atoms with van der Waals surface area (Å²) in [4.78, 5) is -0.957. The lowest BCUT2D eigenvalue weighted by molar-refractivity contribution is -0.147. The third-order valence-corrected chi connectivity index (χ3v) is 25.0. The van der Waals surface area contributed by atoms with E-state index in [0.29, 0.717) is 19.8 Å². The van der Waals surface area contributed by atoms with Crippen LogP contribution in [0.4, 0.5) is 0 Å². The highest BCUT2D eigenvalue weighted by atomic mass is 79.9. The van der Waals surface area contributed by atoms with E-state index >= 15 is 4.57 Å². The second-order valence-corrected chi connectivity index (χ2v) is 36.5. The standard InChI is InChI=1S/C90H156Br3O10P/c1-7-10-13-16-19-22-25-28-31-34-37-40-43-46-49-61-70-95-76-88(82(4)91,98-73-85-64-55-52-56-65-85)79-101-104(94,102-80-89(83(5)92,99-74-86-66-57-53-58-67-86)77-96-71-62-50-47-44-41-38-35-32-29-26-23-20-17-14-11-8-2)103-81-90(84(6)93,100-75-87-68-59-54-60-69-87)78-97-72-63-51-48-45-42-39-36-33-30-27-24-21-18-15-12-9-3/h52-60,64-69,82-84H,7-51,61-63,70-81H2,1-6H3. The quantitative estimate of drug-likeness (QED) is 0.0309.